The predicted octanol–water partition coefficient (Wildman–Crippen LogP) is 2.92. The minimum Gasteiger partial charge on any atom is -0.362 e. The molecule has 0 spiro atoms. The zero-order chi connectivity index (χ0) is 11.6. The van der Waals surface area contributed by atoms with Crippen LogP contribution in [-0.4, -0.2) is 15.5 Å². The predicted molar refractivity (Wildman–Crippen MR) is 61.9 cm³/mol. The van der Waals surface area contributed by atoms with Gasteiger partial charge in [-0.1, -0.05) is 13.8 Å². The summed E-state index contributed by atoms with van der Waals surface area (Å²) in [6, 6.07) is 0. The van der Waals surface area contributed by atoms with Crippen LogP contribution >= 0.6 is 0 Å². The van der Waals surface area contributed by atoms with Gasteiger partial charge >= 0.3 is 0 Å². The van der Waals surface area contributed by atoms with Gasteiger partial charge < -0.3 is 5.32 Å². The summed E-state index contributed by atoms with van der Waals surface area (Å²) >= 11 is 0. The van der Waals surface area contributed by atoms with Crippen molar-refractivity contribution in [3.63, 3.8) is 0 Å². The van der Waals surface area contributed by atoms with E-state index >= 15 is 0 Å². The zero-order valence-corrected chi connectivity index (χ0v) is 9.89. The van der Waals surface area contributed by atoms with E-state index in [1.807, 2.05) is 6.92 Å². The number of nitrogens with one attached hydrogen (secondary N) is 1. The number of rotatable bonds is 4. The molecule has 1 aromatic heterocycles. The fraction of sp³-hybridized carbons (Fsp3) is 0.667. The number of halogens is 1. The molecule has 1 saturated carbocycles. The molecule has 0 saturated heterocycles. The van der Waals surface area contributed by atoms with E-state index < -0.39 is 0 Å². The molecule has 0 bridgehead atoms. The van der Waals surface area contributed by atoms with E-state index in [1.54, 1.807) is 0 Å². The highest BCUT2D eigenvalue weighted by molar-refractivity contribution is 5.41. The van der Waals surface area contributed by atoms with Crippen molar-refractivity contribution in [2.45, 2.75) is 51.5 Å². The Bertz CT molecular complexity index is 369. The van der Waals surface area contributed by atoms with Gasteiger partial charge in [-0.05, 0) is 32.1 Å². The molecule has 1 heterocycles. The van der Waals surface area contributed by atoms with Crippen molar-refractivity contribution in [1.82, 2.24) is 9.97 Å². The van der Waals surface area contributed by atoms with Crippen molar-refractivity contribution in [2.75, 3.05) is 5.32 Å². The number of aromatic nitrogens is 2. The van der Waals surface area contributed by atoms with Crippen LogP contribution in [0.15, 0.2) is 6.33 Å². The molecule has 0 aliphatic heterocycles. The molecule has 0 radical (unpaired) electrons. The van der Waals surface area contributed by atoms with Crippen molar-refractivity contribution >= 4 is 5.82 Å². The summed E-state index contributed by atoms with van der Waals surface area (Å²) in [4.78, 5) is 7.94. The van der Waals surface area contributed by atoms with Crippen LogP contribution < -0.4 is 5.32 Å². The first-order chi connectivity index (χ1) is 7.71. The van der Waals surface area contributed by atoms with E-state index in [-0.39, 0.29) is 11.4 Å². The molecule has 1 aliphatic carbocycles. The van der Waals surface area contributed by atoms with E-state index in [2.05, 4.69) is 22.2 Å². The largest absolute Gasteiger partial charge is 0.362 e. The standard InChI is InChI=1S/C12H18FN3/c1-3-9-10(13)11(15-8-14-9)16-12(4-2)6-5-7-12/h8H,3-7H2,1-2H3,(H,14,15,16). The quantitative estimate of drug-likeness (QED) is 0.852. The molecule has 1 fully saturated rings. The van der Waals surface area contributed by atoms with Gasteiger partial charge in [-0.2, -0.15) is 0 Å². The molecule has 4 heteroatoms. The lowest BCUT2D eigenvalue weighted by molar-refractivity contribution is 0.267. The fourth-order valence-electron chi connectivity index (χ4n) is 2.16. The number of hydrogen-bond donors (Lipinski definition) is 1. The van der Waals surface area contributed by atoms with Crippen LogP contribution in [0, 0.1) is 5.82 Å². The first-order valence-electron chi connectivity index (χ1n) is 5.98. The van der Waals surface area contributed by atoms with E-state index in [0.717, 1.165) is 19.3 Å². The van der Waals surface area contributed by atoms with Crippen LogP contribution in [0.3, 0.4) is 0 Å². The van der Waals surface area contributed by atoms with E-state index in [9.17, 15) is 4.39 Å². The van der Waals surface area contributed by atoms with Gasteiger partial charge in [0, 0.05) is 5.54 Å². The molecular weight excluding hydrogens is 205 g/mol. The van der Waals surface area contributed by atoms with Crippen LogP contribution in [0.5, 0.6) is 0 Å². The Morgan fingerprint density at radius 1 is 1.38 bits per heavy atom. The second-order valence-electron chi connectivity index (χ2n) is 4.45. The Hall–Kier alpha value is -1.19. The molecule has 1 N–H and O–H groups in total. The topological polar surface area (TPSA) is 37.8 Å². The second kappa shape index (κ2) is 4.36. The highest BCUT2D eigenvalue weighted by Gasteiger charge is 2.36. The molecule has 0 atom stereocenters. The summed E-state index contributed by atoms with van der Waals surface area (Å²) in [5.41, 5.74) is 0.559. The zero-order valence-electron chi connectivity index (χ0n) is 9.89. The van der Waals surface area contributed by atoms with Crippen molar-refractivity contribution < 1.29 is 4.39 Å². The maximum absolute atomic E-state index is 13.9. The smallest absolute Gasteiger partial charge is 0.186 e. The van der Waals surface area contributed by atoms with Gasteiger partial charge in [0.1, 0.15) is 6.33 Å². The van der Waals surface area contributed by atoms with Crippen LogP contribution in [0.2, 0.25) is 0 Å². The highest BCUT2D eigenvalue weighted by atomic mass is 19.1. The van der Waals surface area contributed by atoms with Crippen LogP contribution in [0.25, 0.3) is 0 Å². The summed E-state index contributed by atoms with van der Waals surface area (Å²) in [7, 11) is 0. The summed E-state index contributed by atoms with van der Waals surface area (Å²) < 4.78 is 13.9. The number of anilines is 1. The van der Waals surface area contributed by atoms with Gasteiger partial charge in [-0.3, -0.25) is 0 Å². The maximum atomic E-state index is 13.9. The minimum absolute atomic E-state index is 0.0696. The molecule has 1 aliphatic rings. The van der Waals surface area contributed by atoms with Gasteiger partial charge in [0.05, 0.1) is 5.69 Å². The second-order valence-corrected chi connectivity index (χ2v) is 4.45. The minimum atomic E-state index is -0.287. The fourth-order valence-corrected chi connectivity index (χ4v) is 2.16. The average molecular weight is 223 g/mol. The van der Waals surface area contributed by atoms with Gasteiger partial charge in [0.15, 0.2) is 11.6 Å². The third kappa shape index (κ3) is 1.88. The summed E-state index contributed by atoms with van der Waals surface area (Å²) in [5.74, 6) is 0.0816. The Morgan fingerprint density at radius 3 is 2.62 bits per heavy atom. The van der Waals surface area contributed by atoms with Gasteiger partial charge in [-0.15, -0.1) is 0 Å². The van der Waals surface area contributed by atoms with Gasteiger partial charge in [0.25, 0.3) is 0 Å². The summed E-state index contributed by atoms with van der Waals surface area (Å²) in [6.45, 7) is 4.03. The van der Waals surface area contributed by atoms with Crippen molar-refractivity contribution in [1.29, 1.82) is 0 Å². The summed E-state index contributed by atoms with van der Waals surface area (Å²) in [5, 5.41) is 3.26. The average Bonchev–Trinajstić information content (AvgIpc) is 2.25. The third-order valence-electron chi connectivity index (χ3n) is 3.57. The lowest BCUT2D eigenvalue weighted by atomic mass is 9.75. The van der Waals surface area contributed by atoms with Crippen molar-refractivity contribution in [3.05, 3.63) is 17.8 Å². The first kappa shape index (κ1) is 11.3. The molecule has 2 rings (SSSR count). The highest BCUT2D eigenvalue weighted by Crippen LogP contribution is 2.38. The van der Waals surface area contributed by atoms with E-state index in [1.165, 1.54) is 12.7 Å². The maximum Gasteiger partial charge on any atom is 0.186 e. The molecule has 0 aromatic carbocycles. The Labute approximate surface area is 95.5 Å². The van der Waals surface area contributed by atoms with Crippen LogP contribution in [0.1, 0.15) is 45.2 Å². The van der Waals surface area contributed by atoms with Crippen LogP contribution in [-0.2, 0) is 6.42 Å². The molecular formula is C12H18FN3. The normalized spacial score (nSPS) is 17.9. The molecule has 0 amide bonds. The number of hydrogen-bond acceptors (Lipinski definition) is 3. The molecule has 1 aromatic rings. The number of aryl methyl sites for hydroxylation is 1. The molecule has 0 unspecified atom stereocenters. The molecule has 88 valence electrons. The van der Waals surface area contributed by atoms with Crippen molar-refractivity contribution in [3.8, 4) is 0 Å². The Kier molecular flexibility index (Phi) is 3.08. The van der Waals surface area contributed by atoms with Crippen LogP contribution in [0.4, 0.5) is 10.2 Å². The number of nitrogens with zero attached hydrogens (tertiary/aromatic N) is 2. The monoisotopic (exact) mass is 223 g/mol. The van der Waals surface area contributed by atoms with Crippen molar-refractivity contribution in [2.24, 2.45) is 0 Å². The summed E-state index contributed by atoms with van der Waals surface area (Å²) in [6.07, 6.45) is 6.48. The van der Waals surface area contributed by atoms with E-state index in [0.29, 0.717) is 17.9 Å². The van der Waals surface area contributed by atoms with Gasteiger partial charge in [0.2, 0.25) is 0 Å². The third-order valence-corrected chi connectivity index (χ3v) is 3.57. The lowest BCUT2D eigenvalue weighted by Gasteiger charge is -2.42. The SMILES string of the molecule is CCc1ncnc(NC2(CC)CCC2)c1F. The molecule has 16 heavy (non-hydrogen) atoms. The lowest BCUT2D eigenvalue weighted by Crippen LogP contribution is -2.44. The van der Waals surface area contributed by atoms with E-state index in [4.69, 9.17) is 0 Å². The Morgan fingerprint density at radius 2 is 2.12 bits per heavy atom. The van der Waals surface area contributed by atoms with Gasteiger partial charge in [-0.25, -0.2) is 14.4 Å². The molecule has 3 nitrogen and oxygen atoms in total. The Balaban J connectivity index is 2.21. The first-order valence-corrected chi connectivity index (χ1v) is 5.98.